The molecule has 3 aromatic rings. The largest absolute Gasteiger partial charge is 0.436 e. The number of nitrogens with zero attached hydrogens (tertiary/aromatic N) is 3. The first-order valence-electron chi connectivity index (χ1n) is 10.4. The lowest BCUT2D eigenvalue weighted by molar-refractivity contribution is 0.102. The molecule has 31 heavy (non-hydrogen) atoms. The second-order valence-electron chi connectivity index (χ2n) is 7.64. The topological polar surface area (TPSA) is 76.6 Å². The van der Waals surface area contributed by atoms with Crippen molar-refractivity contribution in [3.63, 3.8) is 0 Å². The maximum absolute atomic E-state index is 12.6. The normalized spacial score (nSPS) is 13.8. The van der Waals surface area contributed by atoms with Gasteiger partial charge in [0.05, 0.1) is 13.2 Å². The first-order chi connectivity index (χ1) is 15.1. The molecular formula is C24H26N4O3. The molecule has 0 atom stereocenters. The zero-order valence-electron chi connectivity index (χ0n) is 17.7. The van der Waals surface area contributed by atoms with E-state index in [1.807, 2.05) is 24.3 Å². The van der Waals surface area contributed by atoms with Crippen LogP contribution in [0.15, 0.2) is 60.9 Å². The van der Waals surface area contributed by atoms with Crippen molar-refractivity contribution in [1.29, 1.82) is 0 Å². The van der Waals surface area contributed by atoms with Gasteiger partial charge in [0, 0.05) is 36.7 Å². The second kappa shape index (κ2) is 9.57. The second-order valence-corrected chi connectivity index (χ2v) is 7.64. The fourth-order valence-corrected chi connectivity index (χ4v) is 3.32. The number of benzene rings is 2. The van der Waals surface area contributed by atoms with Gasteiger partial charge in [-0.15, -0.1) is 0 Å². The summed E-state index contributed by atoms with van der Waals surface area (Å²) >= 11 is 0. The summed E-state index contributed by atoms with van der Waals surface area (Å²) < 4.78 is 11.4. The molecule has 7 nitrogen and oxygen atoms in total. The third-order valence-corrected chi connectivity index (χ3v) is 5.12. The van der Waals surface area contributed by atoms with Crippen molar-refractivity contribution in [2.24, 2.45) is 0 Å². The van der Waals surface area contributed by atoms with E-state index in [4.69, 9.17) is 9.47 Å². The van der Waals surface area contributed by atoms with E-state index in [1.54, 1.807) is 36.7 Å². The molecule has 4 rings (SSSR count). The molecule has 0 radical (unpaired) electrons. The van der Waals surface area contributed by atoms with E-state index in [0.717, 1.165) is 18.8 Å². The number of aromatic nitrogens is 2. The molecule has 7 heteroatoms. The summed E-state index contributed by atoms with van der Waals surface area (Å²) in [7, 11) is 0. The molecule has 0 saturated carbocycles. The monoisotopic (exact) mass is 418 g/mol. The molecule has 0 bridgehead atoms. The molecule has 0 spiro atoms. The van der Waals surface area contributed by atoms with Crippen LogP contribution >= 0.6 is 0 Å². The Morgan fingerprint density at radius 1 is 1.00 bits per heavy atom. The number of carbonyl (C=O) groups is 1. The molecule has 0 aliphatic carbocycles. The number of anilines is 2. The quantitative estimate of drug-likeness (QED) is 0.636. The molecule has 1 aliphatic heterocycles. The number of carbonyl (C=O) groups excluding carboxylic acids is 1. The molecule has 2 heterocycles. The predicted octanol–water partition coefficient (Wildman–Crippen LogP) is 4.48. The first-order valence-corrected chi connectivity index (χ1v) is 10.4. The summed E-state index contributed by atoms with van der Waals surface area (Å²) in [6.07, 6.45) is 3.25. The van der Waals surface area contributed by atoms with E-state index in [2.05, 4.69) is 34.0 Å². The molecule has 1 N–H and O–H groups in total. The minimum Gasteiger partial charge on any atom is -0.436 e. The number of amides is 1. The minimum atomic E-state index is -0.169. The van der Waals surface area contributed by atoms with Crippen LogP contribution in [0.4, 0.5) is 11.5 Å². The highest BCUT2D eigenvalue weighted by Crippen LogP contribution is 2.28. The highest BCUT2D eigenvalue weighted by atomic mass is 16.5. The van der Waals surface area contributed by atoms with E-state index >= 15 is 0 Å². The summed E-state index contributed by atoms with van der Waals surface area (Å²) in [5, 5.41) is 2.93. The van der Waals surface area contributed by atoms with Gasteiger partial charge >= 0.3 is 0 Å². The van der Waals surface area contributed by atoms with Gasteiger partial charge in [-0.3, -0.25) is 4.79 Å². The average Bonchev–Trinajstić information content (AvgIpc) is 2.81. The van der Waals surface area contributed by atoms with Gasteiger partial charge in [0.15, 0.2) is 5.82 Å². The average molecular weight is 418 g/mol. The Hall–Kier alpha value is -3.45. The summed E-state index contributed by atoms with van der Waals surface area (Å²) in [4.78, 5) is 23.4. The van der Waals surface area contributed by atoms with Crippen LogP contribution in [0.1, 0.15) is 35.7 Å². The van der Waals surface area contributed by atoms with E-state index in [0.29, 0.717) is 42.1 Å². The lowest BCUT2D eigenvalue weighted by atomic mass is 10.0. The lowest BCUT2D eigenvalue weighted by Gasteiger charge is -2.28. The van der Waals surface area contributed by atoms with Crippen LogP contribution in [0.25, 0.3) is 0 Å². The fraction of sp³-hybridized carbons (Fsp3) is 0.292. The SMILES string of the molecule is CC(C)c1ccc(NC(=O)c2ccc(Oc3nccnc3N3CCOCC3)cc2)cc1. The number of ether oxygens (including phenoxy) is 2. The van der Waals surface area contributed by atoms with Gasteiger partial charge < -0.3 is 19.7 Å². The van der Waals surface area contributed by atoms with Crippen molar-refractivity contribution in [3.05, 3.63) is 72.1 Å². The van der Waals surface area contributed by atoms with Gasteiger partial charge in [0.1, 0.15) is 5.75 Å². The van der Waals surface area contributed by atoms with Crippen molar-refractivity contribution in [1.82, 2.24) is 9.97 Å². The van der Waals surface area contributed by atoms with Crippen molar-refractivity contribution < 1.29 is 14.3 Å². The van der Waals surface area contributed by atoms with E-state index in [9.17, 15) is 4.79 Å². The Morgan fingerprint density at radius 2 is 1.68 bits per heavy atom. The smallest absolute Gasteiger partial charge is 0.263 e. The number of hydrogen-bond donors (Lipinski definition) is 1. The van der Waals surface area contributed by atoms with E-state index in [-0.39, 0.29) is 5.91 Å². The Kier molecular flexibility index (Phi) is 6.43. The summed E-state index contributed by atoms with van der Waals surface area (Å²) in [5.41, 5.74) is 2.55. The molecule has 2 aromatic carbocycles. The van der Waals surface area contributed by atoms with Gasteiger partial charge in [-0.2, -0.15) is 0 Å². The Morgan fingerprint density at radius 3 is 2.35 bits per heavy atom. The van der Waals surface area contributed by atoms with Gasteiger partial charge in [-0.25, -0.2) is 9.97 Å². The molecule has 0 unspecified atom stereocenters. The van der Waals surface area contributed by atoms with Crippen LogP contribution in [-0.2, 0) is 4.74 Å². The third-order valence-electron chi connectivity index (χ3n) is 5.12. The van der Waals surface area contributed by atoms with Crippen molar-refractivity contribution in [2.45, 2.75) is 19.8 Å². The Bertz CT molecular complexity index is 1010. The lowest BCUT2D eigenvalue weighted by Crippen LogP contribution is -2.37. The van der Waals surface area contributed by atoms with Crippen LogP contribution in [0.2, 0.25) is 0 Å². The van der Waals surface area contributed by atoms with Crippen molar-refractivity contribution in [2.75, 3.05) is 36.5 Å². The number of hydrogen-bond acceptors (Lipinski definition) is 6. The fourth-order valence-electron chi connectivity index (χ4n) is 3.32. The zero-order valence-corrected chi connectivity index (χ0v) is 17.7. The molecule has 1 aromatic heterocycles. The number of rotatable bonds is 6. The van der Waals surface area contributed by atoms with Gasteiger partial charge in [0.2, 0.25) is 0 Å². The highest BCUT2D eigenvalue weighted by Gasteiger charge is 2.18. The molecule has 1 saturated heterocycles. The van der Waals surface area contributed by atoms with E-state index < -0.39 is 0 Å². The summed E-state index contributed by atoms with van der Waals surface area (Å²) in [5.74, 6) is 2.00. The van der Waals surface area contributed by atoms with Crippen molar-refractivity contribution in [3.8, 4) is 11.6 Å². The van der Waals surface area contributed by atoms with Crippen LogP contribution in [0, 0.1) is 0 Å². The van der Waals surface area contributed by atoms with Crippen LogP contribution in [0.5, 0.6) is 11.6 Å². The van der Waals surface area contributed by atoms with Crippen molar-refractivity contribution >= 4 is 17.4 Å². The maximum atomic E-state index is 12.6. The molecular weight excluding hydrogens is 392 g/mol. The minimum absolute atomic E-state index is 0.169. The number of morpholine rings is 1. The third kappa shape index (κ3) is 5.19. The highest BCUT2D eigenvalue weighted by molar-refractivity contribution is 6.04. The molecule has 1 aliphatic rings. The maximum Gasteiger partial charge on any atom is 0.263 e. The van der Waals surface area contributed by atoms with E-state index in [1.165, 1.54) is 5.56 Å². The Labute approximate surface area is 182 Å². The molecule has 1 fully saturated rings. The summed E-state index contributed by atoms with van der Waals surface area (Å²) in [6.45, 7) is 7.07. The standard InChI is InChI=1S/C24H26N4O3/c1-17(2)18-3-7-20(8-4-18)27-23(29)19-5-9-21(10-6-19)31-24-22(25-11-12-26-24)28-13-15-30-16-14-28/h3-12,17H,13-16H2,1-2H3,(H,27,29). The van der Waals surface area contributed by atoms with Crippen LogP contribution in [-0.4, -0.2) is 42.2 Å². The Balaban J connectivity index is 1.42. The van der Waals surface area contributed by atoms with Gasteiger partial charge in [0.25, 0.3) is 11.8 Å². The van der Waals surface area contributed by atoms with Crippen LogP contribution in [0.3, 0.4) is 0 Å². The first kappa shape index (κ1) is 20.8. The van der Waals surface area contributed by atoms with Gasteiger partial charge in [-0.1, -0.05) is 26.0 Å². The predicted molar refractivity (Wildman–Crippen MR) is 120 cm³/mol. The van der Waals surface area contributed by atoms with Gasteiger partial charge in [-0.05, 0) is 47.9 Å². The van der Waals surface area contributed by atoms with Crippen LogP contribution < -0.4 is 15.0 Å². The number of nitrogens with one attached hydrogen (secondary N) is 1. The zero-order chi connectivity index (χ0) is 21.6. The molecule has 1 amide bonds. The molecule has 160 valence electrons. The summed E-state index contributed by atoms with van der Waals surface area (Å²) in [6, 6.07) is 14.9.